The number of carbonyl (C=O) groups excluding carboxylic acids is 1. The van der Waals surface area contributed by atoms with E-state index in [1.807, 2.05) is 61.5 Å². The van der Waals surface area contributed by atoms with Crippen LogP contribution in [-0.2, 0) is 17.4 Å². The summed E-state index contributed by atoms with van der Waals surface area (Å²) in [6.07, 6.45) is -3.05. The average Bonchev–Trinajstić information content (AvgIpc) is 2.79. The molecule has 1 N–H and O–H groups in total. The number of likely N-dealkylation sites (N-methyl/N-ethyl adjacent to an activating group) is 1. The van der Waals surface area contributed by atoms with Crippen molar-refractivity contribution in [2.75, 3.05) is 18.5 Å². The van der Waals surface area contributed by atoms with E-state index in [0.717, 1.165) is 34.5 Å². The van der Waals surface area contributed by atoms with Crippen LogP contribution in [0.25, 0.3) is 0 Å². The van der Waals surface area contributed by atoms with E-state index in [1.165, 1.54) is 12.1 Å². The molecule has 0 aliphatic carbocycles. The standard InChI is InChI=1S/C26H27F3N2O/c1-19-9-6-7-13-23(19)31(24(25(32)30-2)21-11-4-3-5-12-21)18-8-10-20-14-16-22(17-15-20)26(27,28)29/h3-7,9,11-17,24H,8,10,18H2,1-2H3,(H,30,32)/t24-/m0/s1. The van der Waals surface area contributed by atoms with Crippen LogP contribution >= 0.6 is 0 Å². The molecule has 0 aromatic heterocycles. The van der Waals surface area contributed by atoms with E-state index in [0.29, 0.717) is 19.4 Å². The lowest BCUT2D eigenvalue weighted by Crippen LogP contribution is -2.40. The van der Waals surface area contributed by atoms with Crippen molar-refractivity contribution in [3.8, 4) is 0 Å². The van der Waals surface area contributed by atoms with Gasteiger partial charge in [-0.15, -0.1) is 0 Å². The highest BCUT2D eigenvalue weighted by Gasteiger charge is 2.30. The molecular weight excluding hydrogens is 413 g/mol. The molecule has 0 unspecified atom stereocenters. The van der Waals surface area contributed by atoms with E-state index in [9.17, 15) is 18.0 Å². The quantitative estimate of drug-likeness (QED) is 0.470. The second kappa shape index (κ2) is 10.4. The molecule has 0 spiro atoms. The number of aryl methyl sites for hydroxylation is 2. The Kier molecular flexibility index (Phi) is 7.57. The summed E-state index contributed by atoms with van der Waals surface area (Å²) in [7, 11) is 1.62. The van der Waals surface area contributed by atoms with Crippen molar-refractivity contribution in [3.63, 3.8) is 0 Å². The number of hydrogen-bond donors (Lipinski definition) is 1. The molecule has 0 radical (unpaired) electrons. The van der Waals surface area contributed by atoms with Gasteiger partial charge in [-0.05, 0) is 54.7 Å². The zero-order valence-corrected chi connectivity index (χ0v) is 18.2. The van der Waals surface area contributed by atoms with Gasteiger partial charge >= 0.3 is 6.18 Å². The van der Waals surface area contributed by atoms with Gasteiger partial charge in [-0.2, -0.15) is 13.2 Å². The van der Waals surface area contributed by atoms with Crippen LogP contribution in [0.4, 0.5) is 18.9 Å². The van der Waals surface area contributed by atoms with Crippen LogP contribution in [0.15, 0.2) is 78.9 Å². The topological polar surface area (TPSA) is 32.3 Å². The number of amides is 1. The van der Waals surface area contributed by atoms with Gasteiger partial charge in [-0.3, -0.25) is 4.79 Å². The fourth-order valence-electron chi connectivity index (χ4n) is 3.83. The Morgan fingerprint density at radius 1 is 0.938 bits per heavy atom. The summed E-state index contributed by atoms with van der Waals surface area (Å²) >= 11 is 0. The molecule has 3 aromatic carbocycles. The molecule has 0 fully saturated rings. The molecule has 1 amide bonds. The maximum Gasteiger partial charge on any atom is 0.416 e. The predicted molar refractivity (Wildman–Crippen MR) is 122 cm³/mol. The maximum absolute atomic E-state index is 12.9. The van der Waals surface area contributed by atoms with Gasteiger partial charge < -0.3 is 10.2 Å². The summed E-state index contributed by atoms with van der Waals surface area (Å²) in [5.74, 6) is -0.117. The van der Waals surface area contributed by atoms with E-state index in [2.05, 4.69) is 10.2 Å². The lowest BCUT2D eigenvalue weighted by Gasteiger charge is -2.34. The van der Waals surface area contributed by atoms with E-state index in [4.69, 9.17) is 0 Å². The number of anilines is 1. The normalized spacial score (nSPS) is 12.3. The number of carbonyl (C=O) groups is 1. The summed E-state index contributed by atoms with van der Waals surface area (Å²) < 4.78 is 38.5. The first-order valence-electron chi connectivity index (χ1n) is 10.6. The van der Waals surface area contributed by atoms with Crippen molar-refractivity contribution in [1.82, 2.24) is 5.32 Å². The third kappa shape index (κ3) is 5.69. The monoisotopic (exact) mass is 440 g/mol. The van der Waals surface area contributed by atoms with Crippen LogP contribution in [-0.4, -0.2) is 19.5 Å². The van der Waals surface area contributed by atoms with Gasteiger partial charge in [0.15, 0.2) is 0 Å². The van der Waals surface area contributed by atoms with Gasteiger partial charge in [0.1, 0.15) is 6.04 Å². The molecule has 3 aromatic rings. The van der Waals surface area contributed by atoms with Crippen molar-refractivity contribution < 1.29 is 18.0 Å². The minimum absolute atomic E-state index is 0.117. The van der Waals surface area contributed by atoms with Gasteiger partial charge in [0.2, 0.25) is 5.91 Å². The van der Waals surface area contributed by atoms with Crippen molar-refractivity contribution >= 4 is 11.6 Å². The lowest BCUT2D eigenvalue weighted by atomic mass is 10.0. The molecule has 32 heavy (non-hydrogen) atoms. The second-order valence-corrected chi connectivity index (χ2v) is 7.71. The zero-order valence-electron chi connectivity index (χ0n) is 18.2. The Morgan fingerprint density at radius 2 is 1.56 bits per heavy atom. The number of halogens is 3. The van der Waals surface area contributed by atoms with Crippen LogP contribution in [0.5, 0.6) is 0 Å². The van der Waals surface area contributed by atoms with Gasteiger partial charge in [-0.1, -0.05) is 60.7 Å². The molecular formula is C26H27F3N2O. The number of nitrogens with zero attached hydrogens (tertiary/aromatic N) is 1. The number of benzene rings is 3. The largest absolute Gasteiger partial charge is 0.416 e. The van der Waals surface area contributed by atoms with Crippen LogP contribution in [0.1, 0.15) is 34.7 Å². The first-order chi connectivity index (χ1) is 15.3. The highest BCUT2D eigenvalue weighted by molar-refractivity contribution is 5.86. The SMILES string of the molecule is CNC(=O)[C@H](c1ccccc1)N(CCCc1ccc(C(F)(F)F)cc1)c1ccccc1C. The molecule has 0 heterocycles. The zero-order chi connectivity index (χ0) is 23.1. The highest BCUT2D eigenvalue weighted by Crippen LogP contribution is 2.31. The summed E-state index contributed by atoms with van der Waals surface area (Å²) in [6.45, 7) is 2.57. The smallest absolute Gasteiger partial charge is 0.357 e. The van der Waals surface area contributed by atoms with Crippen molar-refractivity contribution in [2.24, 2.45) is 0 Å². The minimum atomic E-state index is -4.34. The van der Waals surface area contributed by atoms with Gasteiger partial charge in [0.05, 0.1) is 5.56 Å². The fraction of sp³-hybridized carbons (Fsp3) is 0.269. The van der Waals surface area contributed by atoms with Crippen LogP contribution in [0.2, 0.25) is 0 Å². The third-order valence-electron chi connectivity index (χ3n) is 5.49. The number of nitrogens with one attached hydrogen (secondary N) is 1. The summed E-state index contributed by atoms with van der Waals surface area (Å²) in [5.41, 5.74) is 3.07. The Labute approximate surface area is 186 Å². The van der Waals surface area contributed by atoms with Crippen LogP contribution in [0.3, 0.4) is 0 Å². The van der Waals surface area contributed by atoms with Crippen molar-refractivity contribution in [1.29, 1.82) is 0 Å². The molecule has 6 heteroatoms. The van der Waals surface area contributed by atoms with Crippen LogP contribution in [0, 0.1) is 6.92 Å². The molecule has 1 atom stereocenters. The Morgan fingerprint density at radius 3 is 2.16 bits per heavy atom. The molecule has 0 aliphatic heterocycles. The Bertz CT molecular complexity index is 1020. The second-order valence-electron chi connectivity index (χ2n) is 7.71. The highest BCUT2D eigenvalue weighted by atomic mass is 19.4. The van der Waals surface area contributed by atoms with Crippen LogP contribution < -0.4 is 10.2 Å². The van der Waals surface area contributed by atoms with Crippen molar-refractivity contribution in [3.05, 3.63) is 101 Å². The fourth-order valence-corrected chi connectivity index (χ4v) is 3.83. The van der Waals surface area contributed by atoms with E-state index < -0.39 is 17.8 Å². The minimum Gasteiger partial charge on any atom is -0.357 e. The molecule has 168 valence electrons. The number of alkyl halides is 3. The predicted octanol–water partition coefficient (Wildman–Crippen LogP) is 5.94. The number of rotatable bonds is 8. The third-order valence-corrected chi connectivity index (χ3v) is 5.49. The van der Waals surface area contributed by atoms with Gasteiger partial charge in [-0.25, -0.2) is 0 Å². The lowest BCUT2D eigenvalue weighted by molar-refractivity contribution is -0.137. The molecule has 3 nitrogen and oxygen atoms in total. The summed E-state index contributed by atoms with van der Waals surface area (Å²) in [5, 5.41) is 2.77. The summed E-state index contributed by atoms with van der Waals surface area (Å²) in [4.78, 5) is 15.0. The maximum atomic E-state index is 12.9. The van der Waals surface area contributed by atoms with Gasteiger partial charge in [0.25, 0.3) is 0 Å². The Balaban J connectivity index is 1.85. The Hall–Kier alpha value is -3.28. The number of hydrogen-bond acceptors (Lipinski definition) is 2. The number of para-hydroxylation sites is 1. The molecule has 0 bridgehead atoms. The first kappa shape index (κ1) is 23.4. The van der Waals surface area contributed by atoms with E-state index >= 15 is 0 Å². The van der Waals surface area contributed by atoms with Gasteiger partial charge in [0, 0.05) is 19.3 Å². The van der Waals surface area contributed by atoms with E-state index in [1.54, 1.807) is 7.05 Å². The molecule has 0 saturated carbocycles. The molecule has 3 rings (SSSR count). The first-order valence-corrected chi connectivity index (χ1v) is 10.6. The molecule has 0 saturated heterocycles. The average molecular weight is 441 g/mol. The molecule has 0 aliphatic rings. The van der Waals surface area contributed by atoms with Crippen molar-refractivity contribution in [2.45, 2.75) is 32.0 Å². The van der Waals surface area contributed by atoms with E-state index in [-0.39, 0.29) is 5.91 Å². The summed E-state index contributed by atoms with van der Waals surface area (Å²) in [6, 6.07) is 22.2.